The van der Waals surface area contributed by atoms with Crippen LogP contribution in [0.1, 0.15) is 27.9 Å². The molecule has 12 nitrogen and oxygen atoms in total. The summed E-state index contributed by atoms with van der Waals surface area (Å²) < 4.78 is 5.58. The minimum absolute atomic E-state index is 0.0450. The van der Waals surface area contributed by atoms with Crippen LogP contribution in [0.5, 0.6) is 11.5 Å². The van der Waals surface area contributed by atoms with Crippen molar-refractivity contribution < 1.29 is 43.8 Å². The standard InChI is InChI=1S/C30H31N3O9/c1-33(2)24-18-11-14-10-17-15(16-9-13(12-32-42-4)5-8-20(16)41-3)6-7-19(34)22(17)25(35)21(14)27(37)30(18,40)28(38)23(26(24)36)29(31)39/h5-9,12,14,18,21,23-24,34,40H,10-11H2,1-4H3,(H2,31,39)/b32-12-. The molecule has 0 aliphatic heterocycles. The number of nitrogens with two attached hydrogens (primary N) is 1. The molecule has 220 valence electrons. The number of carbonyl (C=O) groups excluding carboxylic acids is 5. The third-order valence-electron chi connectivity index (χ3n) is 8.77. The summed E-state index contributed by atoms with van der Waals surface area (Å²) in [6.45, 7) is 0. The molecule has 6 unspecified atom stereocenters. The van der Waals surface area contributed by atoms with Gasteiger partial charge in [-0.1, -0.05) is 11.2 Å². The molecule has 0 bridgehead atoms. The highest BCUT2D eigenvalue weighted by Crippen LogP contribution is 2.52. The number of ether oxygens (including phenoxy) is 1. The second-order valence-electron chi connectivity index (χ2n) is 11.2. The minimum Gasteiger partial charge on any atom is -0.507 e. The van der Waals surface area contributed by atoms with Gasteiger partial charge in [-0.15, -0.1) is 0 Å². The van der Waals surface area contributed by atoms with Gasteiger partial charge in [0.1, 0.15) is 18.6 Å². The summed E-state index contributed by atoms with van der Waals surface area (Å²) in [5.74, 6) is -10.5. The number of phenolic OH excluding ortho intramolecular Hbond substituents is 1. The number of phenols is 1. The summed E-state index contributed by atoms with van der Waals surface area (Å²) in [6.07, 6.45) is 1.57. The molecule has 2 saturated carbocycles. The van der Waals surface area contributed by atoms with E-state index in [4.69, 9.17) is 15.3 Å². The fraction of sp³-hybridized carbons (Fsp3) is 0.400. The van der Waals surface area contributed by atoms with Crippen LogP contribution < -0.4 is 10.5 Å². The molecule has 0 spiro atoms. The lowest BCUT2D eigenvalue weighted by Crippen LogP contribution is -2.74. The van der Waals surface area contributed by atoms with Gasteiger partial charge in [0.25, 0.3) is 0 Å². The predicted octanol–water partition coefficient (Wildman–Crippen LogP) is 0.523. The average Bonchev–Trinajstić information content (AvgIpc) is 2.93. The number of nitrogens with zero attached hydrogens (tertiary/aromatic N) is 2. The van der Waals surface area contributed by atoms with Crippen molar-refractivity contribution in [1.29, 1.82) is 0 Å². The summed E-state index contributed by atoms with van der Waals surface area (Å²) in [7, 11) is 5.98. The minimum atomic E-state index is -2.78. The van der Waals surface area contributed by atoms with E-state index >= 15 is 0 Å². The number of hydrogen-bond donors (Lipinski definition) is 3. The van der Waals surface area contributed by atoms with E-state index in [0.717, 1.165) is 0 Å². The largest absolute Gasteiger partial charge is 0.507 e. The predicted molar refractivity (Wildman–Crippen MR) is 148 cm³/mol. The molecule has 0 aromatic heterocycles. The zero-order valence-electron chi connectivity index (χ0n) is 23.5. The summed E-state index contributed by atoms with van der Waals surface area (Å²) in [4.78, 5) is 73.1. The number of oxime groups is 1. The van der Waals surface area contributed by atoms with Crippen molar-refractivity contribution in [1.82, 2.24) is 4.90 Å². The van der Waals surface area contributed by atoms with Gasteiger partial charge in [0, 0.05) is 11.5 Å². The molecule has 0 saturated heterocycles. The summed E-state index contributed by atoms with van der Waals surface area (Å²) in [6, 6.07) is 7.07. The summed E-state index contributed by atoms with van der Waals surface area (Å²) in [5, 5.41) is 26.4. The van der Waals surface area contributed by atoms with Gasteiger partial charge in [0.2, 0.25) is 5.91 Å². The molecule has 2 fully saturated rings. The number of likely N-dealkylation sites (N-methyl/N-ethyl adjacent to an activating group) is 1. The van der Waals surface area contributed by atoms with E-state index in [1.807, 2.05) is 0 Å². The van der Waals surface area contributed by atoms with Crippen LogP contribution in [-0.2, 0) is 30.4 Å². The van der Waals surface area contributed by atoms with E-state index in [0.29, 0.717) is 28.0 Å². The Morgan fingerprint density at radius 3 is 2.43 bits per heavy atom. The Labute approximate surface area is 241 Å². The van der Waals surface area contributed by atoms with Crippen LogP contribution in [-0.4, -0.2) is 90.3 Å². The molecular formula is C30H31N3O9. The van der Waals surface area contributed by atoms with Crippen LogP contribution in [0.2, 0.25) is 0 Å². The zero-order chi connectivity index (χ0) is 30.7. The summed E-state index contributed by atoms with van der Waals surface area (Å²) in [5.41, 5.74) is 4.79. The van der Waals surface area contributed by atoms with Crippen LogP contribution >= 0.6 is 0 Å². The molecule has 1 amide bonds. The lowest BCUT2D eigenvalue weighted by molar-refractivity contribution is -0.181. The number of fused-ring (bicyclic) bond motifs is 3. The number of ketones is 4. The van der Waals surface area contributed by atoms with Gasteiger partial charge in [-0.25, -0.2) is 0 Å². The van der Waals surface area contributed by atoms with E-state index < -0.39 is 64.4 Å². The molecule has 5 rings (SSSR count). The lowest BCUT2D eigenvalue weighted by atomic mass is 9.52. The molecule has 3 aliphatic rings. The fourth-order valence-electron chi connectivity index (χ4n) is 6.99. The lowest BCUT2D eigenvalue weighted by Gasteiger charge is -2.52. The van der Waals surface area contributed by atoms with Crippen molar-refractivity contribution in [2.75, 3.05) is 28.3 Å². The maximum Gasteiger partial charge on any atom is 0.235 e. The molecule has 0 heterocycles. The molecule has 6 atom stereocenters. The van der Waals surface area contributed by atoms with E-state index in [1.165, 1.54) is 45.5 Å². The second-order valence-corrected chi connectivity index (χ2v) is 11.2. The third-order valence-corrected chi connectivity index (χ3v) is 8.77. The van der Waals surface area contributed by atoms with Crippen LogP contribution in [0.4, 0.5) is 0 Å². The number of aliphatic hydroxyl groups is 1. The first-order chi connectivity index (χ1) is 19.9. The van der Waals surface area contributed by atoms with Crippen LogP contribution in [0, 0.1) is 23.7 Å². The molecule has 3 aliphatic carbocycles. The van der Waals surface area contributed by atoms with Crippen molar-refractivity contribution >= 4 is 35.3 Å². The second kappa shape index (κ2) is 10.4. The smallest absolute Gasteiger partial charge is 0.235 e. The molecule has 2 aromatic carbocycles. The third kappa shape index (κ3) is 4.12. The number of hydrogen-bond acceptors (Lipinski definition) is 11. The highest BCUT2D eigenvalue weighted by molar-refractivity contribution is 6.32. The van der Waals surface area contributed by atoms with Gasteiger partial charge in [0.15, 0.2) is 34.7 Å². The first kappa shape index (κ1) is 29.1. The van der Waals surface area contributed by atoms with E-state index in [1.54, 1.807) is 24.3 Å². The van der Waals surface area contributed by atoms with E-state index in [2.05, 4.69) is 5.16 Å². The highest BCUT2D eigenvalue weighted by Gasteiger charge is 2.69. The van der Waals surface area contributed by atoms with Gasteiger partial charge in [0.05, 0.1) is 30.8 Å². The Bertz CT molecular complexity index is 1570. The maximum atomic E-state index is 14.0. The Balaban J connectivity index is 1.67. The SMILES string of the molecule is CO/N=C\c1ccc(OC)c(-c2ccc(O)c3c2CC2CC4C(N(C)C)C(=O)C(C(N)=O)C(=O)C4(O)C(=O)C2C3=O)c1. The van der Waals surface area contributed by atoms with Crippen molar-refractivity contribution in [2.45, 2.75) is 24.5 Å². The monoisotopic (exact) mass is 577 g/mol. The molecule has 0 radical (unpaired) electrons. The number of amides is 1. The normalized spacial score (nSPS) is 28.9. The van der Waals surface area contributed by atoms with Crippen molar-refractivity contribution in [3.8, 4) is 22.6 Å². The Morgan fingerprint density at radius 1 is 1.10 bits per heavy atom. The molecule has 4 N–H and O–H groups in total. The van der Waals surface area contributed by atoms with Crippen LogP contribution in [0.15, 0.2) is 35.5 Å². The first-order valence-electron chi connectivity index (χ1n) is 13.3. The quantitative estimate of drug-likeness (QED) is 0.248. The van der Waals surface area contributed by atoms with Crippen molar-refractivity contribution in [3.05, 3.63) is 47.0 Å². The topological polar surface area (TPSA) is 186 Å². The molecule has 2 aromatic rings. The van der Waals surface area contributed by atoms with E-state index in [9.17, 15) is 34.2 Å². The Hall–Kier alpha value is -4.42. The number of methoxy groups -OCH3 is 1. The van der Waals surface area contributed by atoms with Gasteiger partial charge >= 0.3 is 0 Å². The van der Waals surface area contributed by atoms with E-state index in [-0.39, 0.29) is 24.2 Å². The number of rotatable bonds is 6. The molecular weight excluding hydrogens is 546 g/mol. The van der Waals surface area contributed by atoms with Gasteiger partial charge in [-0.05, 0) is 73.8 Å². The number of carbonyl (C=O) groups is 5. The molecule has 42 heavy (non-hydrogen) atoms. The van der Waals surface area contributed by atoms with Crippen LogP contribution in [0.25, 0.3) is 11.1 Å². The Kier molecular flexibility index (Phi) is 7.23. The van der Waals surface area contributed by atoms with Crippen LogP contribution in [0.3, 0.4) is 0 Å². The number of Topliss-reactive ketones (excluding diaryl/α,β-unsaturated/α-hetero) is 4. The summed E-state index contributed by atoms with van der Waals surface area (Å²) >= 11 is 0. The number of aromatic hydroxyl groups is 1. The molecule has 12 heteroatoms. The fourth-order valence-corrected chi connectivity index (χ4v) is 6.99. The van der Waals surface area contributed by atoms with Crippen molar-refractivity contribution in [2.24, 2.45) is 34.6 Å². The van der Waals surface area contributed by atoms with Gasteiger partial charge < -0.3 is 25.5 Å². The maximum absolute atomic E-state index is 14.0. The zero-order valence-corrected chi connectivity index (χ0v) is 23.5. The van der Waals surface area contributed by atoms with Crippen molar-refractivity contribution in [3.63, 3.8) is 0 Å². The average molecular weight is 578 g/mol. The van der Waals surface area contributed by atoms with Gasteiger partial charge in [-0.2, -0.15) is 0 Å². The highest BCUT2D eigenvalue weighted by atomic mass is 16.6. The number of benzene rings is 2. The first-order valence-corrected chi connectivity index (χ1v) is 13.3. The van der Waals surface area contributed by atoms with Gasteiger partial charge in [-0.3, -0.25) is 28.9 Å². The Morgan fingerprint density at radius 2 is 1.81 bits per heavy atom. The number of primary amides is 1.